The standard InChI is InChI=1S/C12H13FN2O2/c1-7(6-10(16)17)12-14-9-5-3-4-8(13)11(9)15(12)2/h3-5,7H,6H2,1-2H3,(H,16,17). The minimum absolute atomic E-state index is 0.0151. The molecule has 0 aliphatic carbocycles. The first-order valence-corrected chi connectivity index (χ1v) is 5.33. The maximum absolute atomic E-state index is 13.6. The Hall–Kier alpha value is -1.91. The smallest absolute Gasteiger partial charge is 0.304 e. The van der Waals surface area contributed by atoms with Gasteiger partial charge in [-0.15, -0.1) is 0 Å². The van der Waals surface area contributed by atoms with Crippen LogP contribution >= 0.6 is 0 Å². The molecule has 0 radical (unpaired) electrons. The molecule has 0 fully saturated rings. The van der Waals surface area contributed by atoms with Gasteiger partial charge < -0.3 is 9.67 Å². The van der Waals surface area contributed by atoms with E-state index in [9.17, 15) is 9.18 Å². The van der Waals surface area contributed by atoms with E-state index in [1.165, 1.54) is 6.07 Å². The Morgan fingerprint density at radius 1 is 1.59 bits per heavy atom. The number of carboxylic acids is 1. The van der Waals surface area contributed by atoms with E-state index in [0.29, 0.717) is 16.9 Å². The summed E-state index contributed by atoms with van der Waals surface area (Å²) in [6.45, 7) is 1.77. The quantitative estimate of drug-likeness (QED) is 0.889. The van der Waals surface area contributed by atoms with Crippen molar-refractivity contribution < 1.29 is 14.3 Å². The summed E-state index contributed by atoms with van der Waals surface area (Å²) >= 11 is 0. The number of aliphatic carboxylic acids is 1. The lowest BCUT2D eigenvalue weighted by atomic mass is 10.1. The molecular formula is C12H13FN2O2. The summed E-state index contributed by atoms with van der Waals surface area (Å²) in [5, 5.41) is 8.75. The van der Waals surface area contributed by atoms with Crippen LogP contribution in [0.1, 0.15) is 25.1 Å². The zero-order valence-corrected chi connectivity index (χ0v) is 9.64. The summed E-state index contributed by atoms with van der Waals surface area (Å²) in [6.07, 6.45) is -0.0151. The highest BCUT2D eigenvalue weighted by Crippen LogP contribution is 2.24. The number of carboxylic acid groups (broad SMARTS) is 1. The van der Waals surface area contributed by atoms with Crippen molar-refractivity contribution in [3.05, 3.63) is 29.8 Å². The molecule has 0 amide bonds. The van der Waals surface area contributed by atoms with Crippen LogP contribution in [0.2, 0.25) is 0 Å². The number of hydrogen-bond acceptors (Lipinski definition) is 2. The number of imidazole rings is 1. The molecule has 0 saturated carbocycles. The SMILES string of the molecule is CC(CC(=O)O)c1nc2cccc(F)c2n1C. The van der Waals surface area contributed by atoms with Gasteiger partial charge in [-0.2, -0.15) is 0 Å². The van der Waals surface area contributed by atoms with Crippen LogP contribution in [0.15, 0.2) is 18.2 Å². The molecule has 17 heavy (non-hydrogen) atoms. The van der Waals surface area contributed by atoms with Gasteiger partial charge in [-0.25, -0.2) is 9.37 Å². The predicted molar refractivity (Wildman–Crippen MR) is 61.3 cm³/mol. The molecule has 1 aromatic carbocycles. The Bertz CT molecular complexity index is 577. The molecule has 0 bridgehead atoms. The summed E-state index contributed by atoms with van der Waals surface area (Å²) in [5.41, 5.74) is 0.972. The molecule has 5 heteroatoms. The predicted octanol–water partition coefficient (Wildman–Crippen LogP) is 2.29. The minimum Gasteiger partial charge on any atom is -0.481 e. The van der Waals surface area contributed by atoms with Gasteiger partial charge in [0.1, 0.15) is 17.2 Å². The molecule has 0 aliphatic rings. The lowest BCUT2D eigenvalue weighted by Gasteiger charge is -2.08. The monoisotopic (exact) mass is 236 g/mol. The lowest BCUT2D eigenvalue weighted by Crippen LogP contribution is -2.08. The topological polar surface area (TPSA) is 55.1 Å². The highest BCUT2D eigenvalue weighted by molar-refractivity contribution is 5.77. The summed E-state index contributed by atoms with van der Waals surface area (Å²) < 4.78 is 15.2. The second kappa shape index (κ2) is 4.16. The fraction of sp³-hybridized carbons (Fsp3) is 0.333. The van der Waals surface area contributed by atoms with Crippen LogP contribution in [0, 0.1) is 5.82 Å². The van der Waals surface area contributed by atoms with E-state index in [-0.39, 0.29) is 18.2 Å². The van der Waals surface area contributed by atoms with Gasteiger partial charge in [0, 0.05) is 13.0 Å². The van der Waals surface area contributed by atoms with E-state index >= 15 is 0 Å². The number of aromatic nitrogens is 2. The average Bonchev–Trinajstić information content (AvgIpc) is 2.56. The van der Waals surface area contributed by atoms with E-state index in [1.807, 2.05) is 0 Å². The van der Waals surface area contributed by atoms with Crippen LogP contribution < -0.4 is 0 Å². The van der Waals surface area contributed by atoms with Gasteiger partial charge in [0.25, 0.3) is 0 Å². The summed E-state index contributed by atoms with van der Waals surface area (Å²) in [7, 11) is 1.70. The third-order valence-corrected chi connectivity index (χ3v) is 2.80. The molecule has 2 rings (SSSR count). The van der Waals surface area contributed by atoms with Crippen LogP contribution in [-0.2, 0) is 11.8 Å². The van der Waals surface area contributed by atoms with Crippen molar-refractivity contribution in [1.29, 1.82) is 0 Å². The molecule has 1 unspecified atom stereocenters. The van der Waals surface area contributed by atoms with Crippen molar-refractivity contribution >= 4 is 17.0 Å². The second-order valence-electron chi connectivity index (χ2n) is 4.14. The molecule has 0 saturated heterocycles. The first-order valence-electron chi connectivity index (χ1n) is 5.33. The number of para-hydroxylation sites is 1. The van der Waals surface area contributed by atoms with Crippen molar-refractivity contribution in [2.45, 2.75) is 19.3 Å². The van der Waals surface area contributed by atoms with Gasteiger partial charge in [0.05, 0.1) is 11.9 Å². The highest BCUT2D eigenvalue weighted by Gasteiger charge is 2.18. The fourth-order valence-electron chi connectivity index (χ4n) is 2.03. The van der Waals surface area contributed by atoms with Crippen molar-refractivity contribution in [1.82, 2.24) is 9.55 Å². The second-order valence-corrected chi connectivity index (χ2v) is 4.14. The molecule has 1 atom stereocenters. The Balaban J connectivity index is 2.52. The van der Waals surface area contributed by atoms with E-state index in [0.717, 1.165) is 0 Å². The Morgan fingerprint density at radius 3 is 2.88 bits per heavy atom. The Morgan fingerprint density at radius 2 is 2.29 bits per heavy atom. The van der Waals surface area contributed by atoms with Crippen LogP contribution in [-0.4, -0.2) is 20.6 Å². The number of halogens is 1. The number of hydrogen-bond donors (Lipinski definition) is 1. The molecule has 1 N–H and O–H groups in total. The van der Waals surface area contributed by atoms with Crippen molar-refractivity contribution in [2.75, 3.05) is 0 Å². The van der Waals surface area contributed by atoms with Gasteiger partial charge in [-0.05, 0) is 12.1 Å². The van der Waals surface area contributed by atoms with Crippen molar-refractivity contribution in [3.8, 4) is 0 Å². The van der Waals surface area contributed by atoms with Crippen molar-refractivity contribution in [3.63, 3.8) is 0 Å². The van der Waals surface area contributed by atoms with E-state index in [4.69, 9.17) is 5.11 Å². The van der Waals surface area contributed by atoms with Crippen molar-refractivity contribution in [2.24, 2.45) is 7.05 Å². The molecule has 1 aromatic heterocycles. The fourth-order valence-corrected chi connectivity index (χ4v) is 2.03. The van der Waals surface area contributed by atoms with Crippen LogP contribution in [0.3, 0.4) is 0 Å². The highest BCUT2D eigenvalue weighted by atomic mass is 19.1. The number of fused-ring (bicyclic) bond motifs is 1. The average molecular weight is 236 g/mol. The number of benzene rings is 1. The third kappa shape index (κ3) is 2.00. The summed E-state index contributed by atoms with van der Waals surface area (Å²) in [5.74, 6) is -0.881. The lowest BCUT2D eigenvalue weighted by molar-refractivity contribution is -0.137. The van der Waals surface area contributed by atoms with Gasteiger partial charge in [0.15, 0.2) is 0 Å². The van der Waals surface area contributed by atoms with Gasteiger partial charge in [-0.3, -0.25) is 4.79 Å². The number of carbonyl (C=O) groups is 1. The maximum Gasteiger partial charge on any atom is 0.304 e. The first-order chi connectivity index (χ1) is 8.00. The number of aryl methyl sites for hydroxylation is 1. The Kier molecular flexibility index (Phi) is 2.83. The zero-order valence-electron chi connectivity index (χ0n) is 9.64. The summed E-state index contributed by atoms with van der Waals surface area (Å²) in [6, 6.07) is 4.68. The molecule has 90 valence electrons. The molecule has 4 nitrogen and oxygen atoms in total. The number of rotatable bonds is 3. The molecule has 2 aromatic rings. The number of nitrogens with zero attached hydrogens (tertiary/aromatic N) is 2. The van der Waals surface area contributed by atoms with Crippen LogP contribution in [0.5, 0.6) is 0 Å². The zero-order chi connectivity index (χ0) is 12.6. The van der Waals surface area contributed by atoms with E-state index < -0.39 is 5.97 Å². The maximum atomic E-state index is 13.6. The largest absolute Gasteiger partial charge is 0.481 e. The van der Waals surface area contributed by atoms with Crippen LogP contribution in [0.25, 0.3) is 11.0 Å². The van der Waals surface area contributed by atoms with Crippen LogP contribution in [0.4, 0.5) is 4.39 Å². The molecule has 0 spiro atoms. The Labute approximate surface area is 97.7 Å². The summed E-state index contributed by atoms with van der Waals surface area (Å²) in [4.78, 5) is 15.0. The van der Waals surface area contributed by atoms with E-state index in [2.05, 4.69) is 4.98 Å². The third-order valence-electron chi connectivity index (χ3n) is 2.80. The normalized spacial score (nSPS) is 12.9. The van der Waals surface area contributed by atoms with Gasteiger partial charge in [0.2, 0.25) is 0 Å². The molecule has 0 aliphatic heterocycles. The van der Waals surface area contributed by atoms with Gasteiger partial charge in [-0.1, -0.05) is 13.0 Å². The molecular weight excluding hydrogens is 223 g/mol. The minimum atomic E-state index is -0.884. The molecule has 1 heterocycles. The van der Waals surface area contributed by atoms with E-state index in [1.54, 1.807) is 30.7 Å². The van der Waals surface area contributed by atoms with Gasteiger partial charge >= 0.3 is 5.97 Å². The first kappa shape index (κ1) is 11.6.